The molecule has 0 unspecified atom stereocenters. The summed E-state index contributed by atoms with van der Waals surface area (Å²) in [4.78, 5) is 24.0. The van der Waals surface area contributed by atoms with Gasteiger partial charge in [-0.25, -0.2) is 0 Å². The van der Waals surface area contributed by atoms with Crippen LogP contribution >= 0.6 is 0 Å². The summed E-state index contributed by atoms with van der Waals surface area (Å²) in [6, 6.07) is 0. The lowest BCUT2D eigenvalue weighted by Crippen LogP contribution is -2.23. The van der Waals surface area contributed by atoms with Gasteiger partial charge in [0.25, 0.3) is 0 Å². The van der Waals surface area contributed by atoms with Gasteiger partial charge in [0, 0.05) is 13.0 Å². The zero-order valence-corrected chi connectivity index (χ0v) is 8.51. The lowest BCUT2D eigenvalue weighted by Gasteiger charge is -2.11. The third kappa shape index (κ3) is 3.30. The normalized spacial score (nSPS) is 16.8. The average molecular weight is 196 g/mol. The van der Waals surface area contributed by atoms with Gasteiger partial charge in [-0.05, 0) is 18.9 Å². The number of rotatable bonds is 5. The predicted octanol–water partition coefficient (Wildman–Crippen LogP) is 0.301. The molecule has 0 aromatic heterocycles. The average Bonchev–Trinajstić information content (AvgIpc) is 2.51. The Morgan fingerprint density at radius 3 is 2.86 bits per heavy atom. The summed E-state index contributed by atoms with van der Waals surface area (Å²) in [7, 11) is 0. The summed E-state index contributed by atoms with van der Waals surface area (Å²) in [5, 5.41) is 2.71. The molecule has 0 bridgehead atoms. The molecule has 1 aliphatic heterocycles. The second-order valence-corrected chi connectivity index (χ2v) is 3.62. The molecule has 0 aliphatic carbocycles. The highest BCUT2D eigenvalue weighted by atomic mass is 16.2. The number of nitrogens with zero attached hydrogens (tertiary/aromatic N) is 1. The molecule has 1 rings (SSSR count). The van der Waals surface area contributed by atoms with Crippen LogP contribution in [0.15, 0.2) is 12.2 Å². The fourth-order valence-electron chi connectivity index (χ4n) is 1.35. The van der Waals surface area contributed by atoms with Crippen LogP contribution in [0.2, 0.25) is 0 Å². The Kier molecular flexibility index (Phi) is 3.83. The second-order valence-electron chi connectivity index (χ2n) is 3.62. The van der Waals surface area contributed by atoms with E-state index in [2.05, 4.69) is 11.9 Å². The molecule has 0 spiro atoms. The van der Waals surface area contributed by atoms with Crippen molar-refractivity contribution in [2.75, 3.05) is 19.8 Å². The minimum atomic E-state index is 0.0660. The van der Waals surface area contributed by atoms with Crippen molar-refractivity contribution in [3.8, 4) is 0 Å². The molecule has 0 aromatic rings. The number of nitrogens with one attached hydrogen (secondary N) is 1. The van der Waals surface area contributed by atoms with Crippen LogP contribution in [0, 0.1) is 0 Å². The van der Waals surface area contributed by atoms with Crippen LogP contribution in [0.3, 0.4) is 0 Å². The van der Waals surface area contributed by atoms with Crippen molar-refractivity contribution >= 4 is 11.7 Å². The summed E-state index contributed by atoms with van der Waals surface area (Å²) in [6.45, 7) is 7.17. The number of amides is 1. The van der Waals surface area contributed by atoms with E-state index in [0.717, 1.165) is 13.0 Å². The van der Waals surface area contributed by atoms with E-state index in [4.69, 9.17) is 0 Å². The Bertz CT molecular complexity index is 261. The van der Waals surface area contributed by atoms with E-state index >= 15 is 0 Å². The minimum absolute atomic E-state index is 0.0660. The van der Waals surface area contributed by atoms with E-state index in [9.17, 15) is 9.59 Å². The molecule has 1 fully saturated rings. The quantitative estimate of drug-likeness (QED) is 0.643. The lowest BCUT2D eigenvalue weighted by atomic mass is 10.1. The molecule has 78 valence electrons. The number of carbonyl (C=O) groups excluding carboxylic acids is 2. The predicted molar refractivity (Wildman–Crippen MR) is 53.6 cm³/mol. The van der Waals surface area contributed by atoms with Crippen molar-refractivity contribution in [3.05, 3.63) is 12.2 Å². The fourth-order valence-corrected chi connectivity index (χ4v) is 1.35. The van der Waals surface area contributed by atoms with Gasteiger partial charge in [0.15, 0.2) is 5.78 Å². The Hall–Kier alpha value is -1.16. The van der Waals surface area contributed by atoms with Crippen LogP contribution in [0.5, 0.6) is 0 Å². The largest absolute Gasteiger partial charge is 0.342 e. The summed E-state index contributed by atoms with van der Waals surface area (Å²) in [6.07, 6.45) is 1.32. The second kappa shape index (κ2) is 4.91. The SMILES string of the molecule is C=C(C)C(=O)CCCN1CNC(=O)C1. The van der Waals surface area contributed by atoms with E-state index in [-0.39, 0.29) is 11.7 Å². The van der Waals surface area contributed by atoms with Crippen LogP contribution in [-0.2, 0) is 9.59 Å². The molecule has 1 saturated heterocycles. The van der Waals surface area contributed by atoms with Crippen LogP contribution in [0.1, 0.15) is 19.8 Å². The number of ketones is 1. The third-order valence-corrected chi connectivity index (χ3v) is 2.22. The standard InChI is InChI=1S/C10H16N2O2/c1-8(2)9(13)4-3-5-12-6-10(14)11-7-12/h1,3-7H2,2H3,(H,11,14). The highest BCUT2D eigenvalue weighted by Gasteiger charge is 2.17. The number of allylic oxidation sites excluding steroid dienone is 1. The van der Waals surface area contributed by atoms with E-state index < -0.39 is 0 Å². The lowest BCUT2D eigenvalue weighted by molar-refractivity contribution is -0.118. The Balaban J connectivity index is 2.13. The molecular weight excluding hydrogens is 180 g/mol. The van der Waals surface area contributed by atoms with Crippen molar-refractivity contribution in [1.82, 2.24) is 10.2 Å². The van der Waals surface area contributed by atoms with Crippen molar-refractivity contribution in [2.24, 2.45) is 0 Å². The van der Waals surface area contributed by atoms with Crippen molar-refractivity contribution < 1.29 is 9.59 Å². The maximum Gasteiger partial charge on any atom is 0.235 e. The Morgan fingerprint density at radius 1 is 1.64 bits per heavy atom. The Morgan fingerprint density at radius 2 is 2.36 bits per heavy atom. The molecule has 1 heterocycles. The summed E-state index contributed by atoms with van der Waals surface area (Å²) in [5.74, 6) is 0.180. The molecule has 14 heavy (non-hydrogen) atoms. The number of Topliss-reactive ketones (excluding diaryl/α,β-unsaturated/α-hetero) is 1. The minimum Gasteiger partial charge on any atom is -0.342 e. The van der Waals surface area contributed by atoms with E-state index in [1.807, 2.05) is 4.90 Å². The summed E-state index contributed by atoms with van der Waals surface area (Å²) < 4.78 is 0. The molecule has 4 heteroatoms. The molecule has 0 aromatic carbocycles. The smallest absolute Gasteiger partial charge is 0.235 e. The topological polar surface area (TPSA) is 49.4 Å². The molecule has 1 amide bonds. The zero-order valence-electron chi connectivity index (χ0n) is 8.51. The Labute approximate surface area is 84.0 Å². The van der Waals surface area contributed by atoms with Crippen molar-refractivity contribution in [2.45, 2.75) is 19.8 Å². The molecule has 4 nitrogen and oxygen atoms in total. The highest BCUT2D eigenvalue weighted by molar-refractivity contribution is 5.94. The molecule has 1 N–H and O–H groups in total. The summed E-state index contributed by atoms with van der Waals surface area (Å²) >= 11 is 0. The van der Waals surface area contributed by atoms with Crippen LogP contribution < -0.4 is 5.32 Å². The first-order valence-electron chi connectivity index (χ1n) is 4.77. The highest BCUT2D eigenvalue weighted by Crippen LogP contribution is 2.02. The van der Waals surface area contributed by atoms with Gasteiger partial charge >= 0.3 is 0 Å². The van der Waals surface area contributed by atoms with Gasteiger partial charge < -0.3 is 5.32 Å². The van der Waals surface area contributed by atoms with Gasteiger partial charge in [0.1, 0.15) is 0 Å². The van der Waals surface area contributed by atoms with Gasteiger partial charge in [-0.1, -0.05) is 6.58 Å². The number of hydrogen-bond acceptors (Lipinski definition) is 3. The summed E-state index contributed by atoms with van der Waals surface area (Å²) in [5.41, 5.74) is 0.612. The van der Waals surface area contributed by atoms with Gasteiger partial charge in [-0.2, -0.15) is 0 Å². The van der Waals surface area contributed by atoms with E-state index in [1.165, 1.54) is 0 Å². The van der Waals surface area contributed by atoms with Crippen molar-refractivity contribution in [1.29, 1.82) is 0 Å². The first-order chi connectivity index (χ1) is 6.59. The first kappa shape index (κ1) is 10.9. The van der Waals surface area contributed by atoms with Gasteiger partial charge in [-0.15, -0.1) is 0 Å². The maximum absolute atomic E-state index is 11.2. The van der Waals surface area contributed by atoms with E-state index in [0.29, 0.717) is 25.2 Å². The molecule has 0 saturated carbocycles. The van der Waals surface area contributed by atoms with Crippen LogP contribution in [0.25, 0.3) is 0 Å². The van der Waals surface area contributed by atoms with E-state index in [1.54, 1.807) is 6.92 Å². The molecule has 0 radical (unpaired) electrons. The van der Waals surface area contributed by atoms with Crippen LogP contribution in [-0.4, -0.2) is 36.3 Å². The fraction of sp³-hybridized carbons (Fsp3) is 0.600. The number of carbonyl (C=O) groups is 2. The molecule has 1 aliphatic rings. The molecule has 0 atom stereocenters. The van der Waals surface area contributed by atoms with Gasteiger partial charge in [-0.3, -0.25) is 14.5 Å². The van der Waals surface area contributed by atoms with Crippen molar-refractivity contribution in [3.63, 3.8) is 0 Å². The third-order valence-electron chi connectivity index (χ3n) is 2.22. The maximum atomic E-state index is 11.2. The van der Waals surface area contributed by atoms with Gasteiger partial charge in [0.05, 0.1) is 13.2 Å². The number of hydrogen-bond donors (Lipinski definition) is 1. The van der Waals surface area contributed by atoms with Crippen LogP contribution in [0.4, 0.5) is 0 Å². The molecular formula is C10H16N2O2. The van der Waals surface area contributed by atoms with Gasteiger partial charge in [0.2, 0.25) is 5.91 Å². The monoisotopic (exact) mass is 196 g/mol. The zero-order chi connectivity index (χ0) is 10.6. The first-order valence-corrected chi connectivity index (χ1v) is 4.77.